The zero-order valence-electron chi connectivity index (χ0n) is 5.97. The first-order valence-electron chi connectivity index (χ1n) is 3.02. The lowest BCUT2D eigenvalue weighted by molar-refractivity contribution is 0.409. The summed E-state index contributed by atoms with van der Waals surface area (Å²) in [5, 5.41) is 0. The van der Waals surface area contributed by atoms with Crippen molar-refractivity contribution < 1.29 is 4.74 Å². The van der Waals surface area contributed by atoms with Gasteiger partial charge in [0.2, 0.25) is 0 Å². The number of aromatic nitrogens is 1. The van der Waals surface area contributed by atoms with Gasteiger partial charge in [0.15, 0.2) is 5.75 Å². The van der Waals surface area contributed by atoms with Crippen molar-refractivity contribution in [1.82, 2.24) is 4.98 Å². The number of hydrogen-bond acceptors (Lipinski definition) is 2. The van der Waals surface area contributed by atoms with Crippen molar-refractivity contribution in [2.75, 3.05) is 7.11 Å². The Hall–Kier alpha value is -0.0300. The second-order valence-electron chi connectivity index (χ2n) is 1.97. The highest BCUT2D eigenvalue weighted by Gasteiger charge is 2.00. The van der Waals surface area contributed by atoms with Crippen LogP contribution in [0.15, 0.2) is 12.3 Å². The van der Waals surface area contributed by atoms with E-state index in [0.29, 0.717) is 5.88 Å². The maximum absolute atomic E-state index is 5.61. The molecule has 0 fully saturated rings. The minimum absolute atomic E-state index is 0.473. The maximum atomic E-state index is 5.61. The largest absolute Gasteiger partial charge is 0.494 e. The minimum atomic E-state index is 0.473. The highest BCUT2D eigenvalue weighted by Crippen LogP contribution is 2.19. The van der Waals surface area contributed by atoms with Gasteiger partial charge in [-0.2, -0.15) is 0 Å². The van der Waals surface area contributed by atoms with E-state index in [1.165, 1.54) is 0 Å². The van der Waals surface area contributed by atoms with Gasteiger partial charge in [0.05, 0.1) is 7.11 Å². The number of hydrogen-bond donors (Lipinski definition) is 0. The van der Waals surface area contributed by atoms with Crippen molar-refractivity contribution in [2.24, 2.45) is 0 Å². The van der Waals surface area contributed by atoms with E-state index < -0.39 is 0 Å². The fourth-order valence-corrected chi connectivity index (χ4v) is 1.35. The molecular formula is C7H7ClINO. The number of rotatable bonds is 2. The van der Waals surface area contributed by atoms with Crippen LogP contribution in [0.3, 0.4) is 0 Å². The van der Waals surface area contributed by atoms with Crippen LogP contribution in [0.1, 0.15) is 5.56 Å². The molecule has 0 saturated carbocycles. The van der Waals surface area contributed by atoms with Crippen LogP contribution >= 0.6 is 34.2 Å². The molecule has 0 aliphatic heterocycles. The van der Waals surface area contributed by atoms with Gasteiger partial charge in [0, 0.05) is 12.1 Å². The lowest BCUT2D eigenvalue weighted by atomic mass is 10.3. The predicted molar refractivity (Wildman–Crippen MR) is 53.1 cm³/mol. The van der Waals surface area contributed by atoms with Crippen LogP contribution in [0.5, 0.6) is 5.75 Å². The van der Waals surface area contributed by atoms with Crippen molar-refractivity contribution in [3.8, 4) is 5.75 Å². The summed E-state index contributed by atoms with van der Waals surface area (Å²) in [6.07, 6.45) is 1.75. The van der Waals surface area contributed by atoms with Gasteiger partial charge in [-0.15, -0.1) is 11.6 Å². The normalized spacial score (nSPS) is 9.73. The molecule has 0 bridgehead atoms. The topological polar surface area (TPSA) is 22.1 Å². The molecule has 0 N–H and O–H groups in total. The van der Waals surface area contributed by atoms with Crippen LogP contribution in [-0.2, 0) is 5.88 Å². The molecule has 4 heteroatoms. The Morgan fingerprint density at radius 2 is 2.45 bits per heavy atom. The van der Waals surface area contributed by atoms with Crippen molar-refractivity contribution in [2.45, 2.75) is 5.88 Å². The van der Waals surface area contributed by atoms with Crippen molar-refractivity contribution in [3.63, 3.8) is 0 Å². The second-order valence-corrected chi connectivity index (χ2v) is 3.26. The molecule has 0 aliphatic carbocycles. The summed E-state index contributed by atoms with van der Waals surface area (Å²) in [4.78, 5) is 4.10. The van der Waals surface area contributed by atoms with Crippen molar-refractivity contribution in [3.05, 3.63) is 21.5 Å². The maximum Gasteiger partial charge on any atom is 0.151 e. The summed E-state index contributed by atoms with van der Waals surface area (Å²) in [6, 6.07) is 1.89. The van der Waals surface area contributed by atoms with Crippen molar-refractivity contribution >= 4 is 34.2 Å². The standard InChI is InChI=1S/C7H7ClINO/c1-11-6-2-5(3-8)4-10-7(6)9/h2,4H,3H2,1H3. The quantitative estimate of drug-likeness (QED) is 0.472. The lowest BCUT2D eigenvalue weighted by Crippen LogP contribution is -1.91. The van der Waals surface area contributed by atoms with Gasteiger partial charge in [-0.3, -0.25) is 0 Å². The molecule has 2 nitrogen and oxygen atoms in total. The molecule has 11 heavy (non-hydrogen) atoms. The van der Waals surface area contributed by atoms with E-state index in [0.717, 1.165) is 15.0 Å². The Morgan fingerprint density at radius 3 is 3.00 bits per heavy atom. The zero-order valence-corrected chi connectivity index (χ0v) is 8.89. The Bertz CT molecular complexity index is 254. The van der Waals surface area contributed by atoms with Crippen LogP contribution in [-0.4, -0.2) is 12.1 Å². The van der Waals surface area contributed by atoms with Gasteiger partial charge in [0.1, 0.15) is 3.70 Å². The van der Waals surface area contributed by atoms with E-state index in [2.05, 4.69) is 27.6 Å². The van der Waals surface area contributed by atoms with E-state index >= 15 is 0 Å². The lowest BCUT2D eigenvalue weighted by Gasteiger charge is -2.02. The number of alkyl halides is 1. The van der Waals surface area contributed by atoms with Gasteiger partial charge in [0.25, 0.3) is 0 Å². The average Bonchev–Trinajstić information content (AvgIpc) is 2.05. The number of methoxy groups -OCH3 is 1. The van der Waals surface area contributed by atoms with Crippen LogP contribution in [0.25, 0.3) is 0 Å². The summed E-state index contributed by atoms with van der Waals surface area (Å²) in [6.45, 7) is 0. The third kappa shape index (κ3) is 2.20. The molecule has 0 atom stereocenters. The molecule has 1 aromatic heterocycles. The van der Waals surface area contributed by atoms with E-state index in [4.69, 9.17) is 16.3 Å². The Kier molecular flexibility index (Phi) is 3.39. The first-order valence-corrected chi connectivity index (χ1v) is 4.63. The fraction of sp³-hybridized carbons (Fsp3) is 0.286. The highest BCUT2D eigenvalue weighted by atomic mass is 127. The van der Waals surface area contributed by atoms with Crippen LogP contribution in [0.2, 0.25) is 0 Å². The molecule has 0 radical (unpaired) electrons. The van der Waals surface area contributed by atoms with Gasteiger partial charge in [-0.05, 0) is 34.2 Å². The molecule has 60 valence electrons. The summed E-state index contributed by atoms with van der Waals surface area (Å²) in [7, 11) is 1.62. The molecule has 0 spiro atoms. The summed E-state index contributed by atoms with van der Waals surface area (Å²) >= 11 is 7.72. The number of halogens is 2. The monoisotopic (exact) mass is 283 g/mol. The Labute approximate surface area is 84.1 Å². The van der Waals surface area contributed by atoms with E-state index in [1.807, 2.05) is 6.07 Å². The molecule has 1 rings (SSSR count). The SMILES string of the molecule is COc1cc(CCl)cnc1I. The number of ether oxygens (including phenoxy) is 1. The molecular weight excluding hydrogens is 276 g/mol. The third-order valence-electron chi connectivity index (χ3n) is 1.24. The van der Waals surface area contributed by atoms with Gasteiger partial charge >= 0.3 is 0 Å². The number of nitrogens with zero attached hydrogens (tertiary/aromatic N) is 1. The highest BCUT2D eigenvalue weighted by molar-refractivity contribution is 14.1. The van der Waals surface area contributed by atoms with E-state index in [-0.39, 0.29) is 0 Å². The smallest absolute Gasteiger partial charge is 0.151 e. The molecule has 0 aliphatic rings. The second kappa shape index (κ2) is 4.11. The third-order valence-corrected chi connectivity index (χ3v) is 2.36. The van der Waals surface area contributed by atoms with Crippen LogP contribution in [0.4, 0.5) is 0 Å². The fourth-order valence-electron chi connectivity index (χ4n) is 0.685. The Balaban J connectivity index is 3.02. The van der Waals surface area contributed by atoms with Gasteiger partial charge < -0.3 is 4.74 Å². The molecule has 0 amide bonds. The minimum Gasteiger partial charge on any atom is -0.494 e. The Morgan fingerprint density at radius 1 is 1.73 bits per heavy atom. The summed E-state index contributed by atoms with van der Waals surface area (Å²) in [5.74, 6) is 1.25. The average molecular weight is 283 g/mol. The molecule has 0 unspecified atom stereocenters. The molecule has 0 aromatic carbocycles. The van der Waals surface area contributed by atoms with Gasteiger partial charge in [-0.25, -0.2) is 4.98 Å². The van der Waals surface area contributed by atoms with Gasteiger partial charge in [-0.1, -0.05) is 0 Å². The first kappa shape index (κ1) is 9.06. The van der Waals surface area contributed by atoms with Crippen molar-refractivity contribution in [1.29, 1.82) is 0 Å². The van der Waals surface area contributed by atoms with Crippen LogP contribution in [0, 0.1) is 3.70 Å². The summed E-state index contributed by atoms with van der Waals surface area (Å²) in [5.41, 5.74) is 0.976. The summed E-state index contributed by atoms with van der Waals surface area (Å²) < 4.78 is 5.92. The molecule has 1 heterocycles. The zero-order chi connectivity index (χ0) is 8.27. The molecule has 0 saturated heterocycles. The predicted octanol–water partition coefficient (Wildman–Crippen LogP) is 2.43. The first-order chi connectivity index (χ1) is 5.27. The van der Waals surface area contributed by atoms with E-state index in [9.17, 15) is 0 Å². The van der Waals surface area contributed by atoms with Crippen LogP contribution < -0.4 is 4.74 Å². The molecule has 1 aromatic rings. The van der Waals surface area contributed by atoms with E-state index in [1.54, 1.807) is 13.3 Å². The number of pyridine rings is 1.